The molecule has 0 aliphatic rings. The third-order valence-corrected chi connectivity index (χ3v) is 3.60. The van der Waals surface area contributed by atoms with Crippen LogP contribution in [0.5, 0.6) is 0 Å². The number of esters is 1. The predicted octanol–water partition coefficient (Wildman–Crippen LogP) is 3.74. The highest BCUT2D eigenvalue weighted by Gasteiger charge is 2.13. The monoisotopic (exact) mass is 374 g/mol. The number of aliphatic hydroxyl groups is 1. The molecule has 27 heavy (non-hydrogen) atoms. The first-order valence-electron chi connectivity index (χ1n) is 9.15. The van der Waals surface area contributed by atoms with Crippen LogP contribution in [-0.2, 0) is 32.2 Å². The fourth-order valence-electron chi connectivity index (χ4n) is 1.99. The van der Waals surface area contributed by atoms with E-state index in [2.05, 4.69) is 0 Å². The normalized spacial score (nSPS) is 12.4. The summed E-state index contributed by atoms with van der Waals surface area (Å²) in [5.74, 6) is -0.312. The minimum Gasteiger partial charge on any atom is -0.464 e. The highest BCUT2D eigenvalue weighted by Crippen LogP contribution is 2.04. The van der Waals surface area contributed by atoms with Crippen molar-refractivity contribution in [3.63, 3.8) is 0 Å². The largest absolute Gasteiger partial charge is 0.464 e. The average Bonchev–Trinajstić information content (AvgIpc) is 2.72. The number of benzene rings is 2. The average molecular weight is 374 g/mol. The van der Waals surface area contributed by atoms with E-state index in [0.29, 0.717) is 19.8 Å². The molecule has 0 amide bonds. The number of hydrogen-bond acceptors (Lipinski definition) is 5. The van der Waals surface area contributed by atoms with E-state index in [1.54, 1.807) is 13.8 Å². The first-order valence-corrected chi connectivity index (χ1v) is 9.15. The van der Waals surface area contributed by atoms with E-state index >= 15 is 0 Å². The van der Waals surface area contributed by atoms with Crippen molar-refractivity contribution in [1.29, 1.82) is 0 Å². The maximum atomic E-state index is 11.2. The van der Waals surface area contributed by atoms with E-state index in [1.165, 1.54) is 0 Å². The van der Waals surface area contributed by atoms with Crippen LogP contribution in [0.15, 0.2) is 60.7 Å². The second kappa shape index (κ2) is 13.9. The van der Waals surface area contributed by atoms with Gasteiger partial charge in [-0.15, -0.1) is 0 Å². The second-order valence-corrected chi connectivity index (χ2v) is 5.98. The van der Waals surface area contributed by atoms with Crippen molar-refractivity contribution in [2.75, 3.05) is 13.2 Å². The molecule has 5 nitrogen and oxygen atoms in total. The van der Waals surface area contributed by atoms with Gasteiger partial charge in [0.05, 0.1) is 32.5 Å². The molecule has 2 rings (SSSR count). The van der Waals surface area contributed by atoms with E-state index in [-0.39, 0.29) is 18.7 Å². The molecule has 0 heterocycles. The number of carbonyl (C=O) groups excluding carboxylic acids is 1. The SMILES string of the molecule is CCOC(=O)[C@H](C)OCc1ccccc1.C[C@@H](CO)OCc1ccccc1. The lowest BCUT2D eigenvalue weighted by Gasteiger charge is -2.11. The Morgan fingerprint density at radius 2 is 1.37 bits per heavy atom. The summed E-state index contributed by atoms with van der Waals surface area (Å²) >= 11 is 0. The molecule has 0 fully saturated rings. The zero-order chi connectivity index (χ0) is 19.9. The minimum atomic E-state index is -0.509. The molecule has 0 saturated carbocycles. The lowest BCUT2D eigenvalue weighted by Crippen LogP contribution is -2.23. The molecule has 148 valence electrons. The number of hydrogen-bond donors (Lipinski definition) is 1. The molecule has 0 aliphatic carbocycles. The standard InChI is InChI=1S/C12H16O3.C10H14O2/c1-3-14-12(13)10(2)15-9-11-7-5-4-6-8-11;1-9(7-11)12-8-10-5-3-2-4-6-10/h4-8,10H,3,9H2,1-2H3;2-6,9,11H,7-8H2,1H3/t10-;9-/m00/s1. The van der Waals surface area contributed by atoms with Gasteiger partial charge in [0.25, 0.3) is 0 Å². The van der Waals surface area contributed by atoms with Crippen LogP contribution >= 0.6 is 0 Å². The van der Waals surface area contributed by atoms with Crippen LogP contribution in [0.1, 0.15) is 31.9 Å². The van der Waals surface area contributed by atoms with Crippen LogP contribution in [0.3, 0.4) is 0 Å². The Labute approximate surface area is 161 Å². The third-order valence-electron chi connectivity index (χ3n) is 3.60. The van der Waals surface area contributed by atoms with Gasteiger partial charge in [-0.3, -0.25) is 0 Å². The summed E-state index contributed by atoms with van der Waals surface area (Å²) in [6, 6.07) is 19.7. The fraction of sp³-hybridized carbons (Fsp3) is 0.409. The van der Waals surface area contributed by atoms with Crippen LogP contribution < -0.4 is 0 Å². The Morgan fingerprint density at radius 1 is 0.889 bits per heavy atom. The second-order valence-electron chi connectivity index (χ2n) is 5.98. The Bertz CT molecular complexity index is 615. The van der Waals surface area contributed by atoms with Crippen LogP contribution in [0.25, 0.3) is 0 Å². The number of ether oxygens (including phenoxy) is 3. The predicted molar refractivity (Wildman–Crippen MR) is 105 cm³/mol. The van der Waals surface area contributed by atoms with Gasteiger partial charge >= 0.3 is 5.97 Å². The van der Waals surface area contributed by atoms with Gasteiger partial charge in [-0.25, -0.2) is 4.79 Å². The third kappa shape index (κ3) is 10.5. The van der Waals surface area contributed by atoms with Crippen molar-refractivity contribution in [3.8, 4) is 0 Å². The highest BCUT2D eigenvalue weighted by molar-refractivity contribution is 5.74. The van der Waals surface area contributed by atoms with Crippen molar-refractivity contribution in [1.82, 2.24) is 0 Å². The Balaban J connectivity index is 0.000000277. The lowest BCUT2D eigenvalue weighted by atomic mass is 10.2. The maximum Gasteiger partial charge on any atom is 0.334 e. The van der Waals surface area contributed by atoms with Crippen LogP contribution in [0.2, 0.25) is 0 Å². The van der Waals surface area contributed by atoms with E-state index < -0.39 is 6.10 Å². The van der Waals surface area contributed by atoms with Gasteiger partial charge < -0.3 is 19.3 Å². The Hall–Kier alpha value is -2.21. The van der Waals surface area contributed by atoms with Gasteiger partial charge in [-0.05, 0) is 31.9 Å². The Morgan fingerprint density at radius 3 is 1.81 bits per heavy atom. The smallest absolute Gasteiger partial charge is 0.334 e. The molecule has 2 aromatic rings. The molecule has 2 atom stereocenters. The molecule has 2 aromatic carbocycles. The molecule has 5 heteroatoms. The highest BCUT2D eigenvalue weighted by atomic mass is 16.6. The zero-order valence-electron chi connectivity index (χ0n) is 16.3. The molecule has 0 bridgehead atoms. The van der Waals surface area contributed by atoms with Gasteiger partial charge in [0, 0.05) is 0 Å². The summed E-state index contributed by atoms with van der Waals surface area (Å²) in [5.41, 5.74) is 2.19. The van der Waals surface area contributed by atoms with E-state index in [1.807, 2.05) is 67.6 Å². The summed E-state index contributed by atoms with van der Waals surface area (Å²) in [4.78, 5) is 11.2. The van der Waals surface area contributed by atoms with E-state index in [9.17, 15) is 4.79 Å². The van der Waals surface area contributed by atoms with Crippen molar-refractivity contribution < 1.29 is 24.1 Å². The molecule has 0 radical (unpaired) electrons. The first kappa shape index (κ1) is 22.8. The Kier molecular flexibility index (Phi) is 11.8. The lowest BCUT2D eigenvalue weighted by molar-refractivity contribution is -0.156. The van der Waals surface area contributed by atoms with Gasteiger partial charge in [0.1, 0.15) is 0 Å². The van der Waals surface area contributed by atoms with Crippen molar-refractivity contribution >= 4 is 5.97 Å². The topological polar surface area (TPSA) is 65.0 Å². The molecule has 0 aromatic heterocycles. The number of aliphatic hydroxyl groups excluding tert-OH is 1. The fourth-order valence-corrected chi connectivity index (χ4v) is 1.99. The number of rotatable bonds is 9. The van der Waals surface area contributed by atoms with E-state index in [4.69, 9.17) is 19.3 Å². The van der Waals surface area contributed by atoms with Crippen LogP contribution in [0.4, 0.5) is 0 Å². The zero-order valence-corrected chi connectivity index (χ0v) is 16.3. The summed E-state index contributed by atoms with van der Waals surface area (Å²) in [6.07, 6.45) is -0.588. The summed E-state index contributed by atoms with van der Waals surface area (Å²) < 4.78 is 15.5. The summed E-state index contributed by atoms with van der Waals surface area (Å²) in [6.45, 7) is 6.79. The molecular weight excluding hydrogens is 344 g/mol. The molecule has 0 unspecified atom stereocenters. The first-order chi connectivity index (χ1) is 13.1. The molecule has 1 N–H and O–H groups in total. The van der Waals surface area contributed by atoms with Crippen LogP contribution in [0, 0.1) is 0 Å². The van der Waals surface area contributed by atoms with E-state index in [0.717, 1.165) is 11.1 Å². The van der Waals surface area contributed by atoms with Crippen molar-refractivity contribution in [2.24, 2.45) is 0 Å². The molecule has 0 aliphatic heterocycles. The quantitative estimate of drug-likeness (QED) is 0.678. The van der Waals surface area contributed by atoms with Crippen molar-refractivity contribution in [3.05, 3.63) is 71.8 Å². The summed E-state index contributed by atoms with van der Waals surface area (Å²) in [5, 5.41) is 8.69. The van der Waals surface area contributed by atoms with Gasteiger partial charge in [0.2, 0.25) is 0 Å². The molecular formula is C22H30O5. The van der Waals surface area contributed by atoms with Gasteiger partial charge in [-0.2, -0.15) is 0 Å². The molecule has 0 saturated heterocycles. The van der Waals surface area contributed by atoms with Gasteiger partial charge in [-0.1, -0.05) is 60.7 Å². The maximum absolute atomic E-state index is 11.2. The molecule has 0 spiro atoms. The number of carbonyl (C=O) groups is 1. The van der Waals surface area contributed by atoms with Crippen molar-refractivity contribution in [2.45, 2.75) is 46.2 Å². The van der Waals surface area contributed by atoms with Crippen LogP contribution in [-0.4, -0.2) is 36.5 Å². The summed E-state index contributed by atoms with van der Waals surface area (Å²) in [7, 11) is 0. The van der Waals surface area contributed by atoms with Gasteiger partial charge in [0.15, 0.2) is 6.10 Å². The minimum absolute atomic E-state index is 0.0762.